The summed E-state index contributed by atoms with van der Waals surface area (Å²) in [6.45, 7) is 4.02. The first-order chi connectivity index (χ1) is 26.6. The molecular formula is C43H45Cl2FN4O5. The summed E-state index contributed by atoms with van der Waals surface area (Å²) in [5, 5.41) is 0.984. The Balaban J connectivity index is 1.02. The van der Waals surface area contributed by atoms with Gasteiger partial charge in [0.15, 0.2) is 17.3 Å². The van der Waals surface area contributed by atoms with E-state index in [4.69, 9.17) is 42.4 Å². The summed E-state index contributed by atoms with van der Waals surface area (Å²) in [5.41, 5.74) is 3.78. The Labute approximate surface area is 330 Å². The molecule has 2 fully saturated rings. The molecule has 2 aliphatic rings. The third-order valence-electron chi connectivity index (χ3n) is 11.3. The lowest BCUT2D eigenvalue weighted by Crippen LogP contribution is -2.39. The average Bonchev–Trinajstić information content (AvgIpc) is 3.81. The minimum absolute atomic E-state index is 0.0549. The number of likely N-dealkylation sites (tertiary alicyclic amines) is 2. The summed E-state index contributed by atoms with van der Waals surface area (Å²) in [5.74, 6) is 1.26. The summed E-state index contributed by atoms with van der Waals surface area (Å²) in [6, 6.07) is 23.3. The summed E-state index contributed by atoms with van der Waals surface area (Å²) in [4.78, 5) is 37.1. The van der Waals surface area contributed by atoms with Crippen molar-refractivity contribution in [1.82, 2.24) is 19.4 Å². The Bertz CT molecular complexity index is 2160. The minimum atomic E-state index is -0.317. The van der Waals surface area contributed by atoms with Gasteiger partial charge in [0.2, 0.25) is 11.5 Å². The molecule has 0 spiro atoms. The standard InChI is InChI=1S/C43H45Cl2FN4O5/c1-53-37-23-30(24-38(54-2)40(37)55-3)42(52)49-22-18-43(27-49,31-11-14-33(44)34(45)25-31)17-6-19-48-20-15-29(16-21-48)39(51)41-47-35-7-4-5-8-36(35)50(41)26-28-9-12-32(46)13-10-28/h4-5,7-14,23-25,29H,6,15-22,26-27H2,1-3H3. The molecule has 0 saturated carbocycles. The zero-order valence-electron chi connectivity index (χ0n) is 31.3. The number of aromatic nitrogens is 2. The Morgan fingerprint density at radius 2 is 1.58 bits per heavy atom. The number of piperidine rings is 1. The van der Waals surface area contributed by atoms with Gasteiger partial charge in [0.25, 0.3) is 5.91 Å². The number of fused-ring (bicyclic) bond motifs is 1. The number of carbonyl (C=O) groups excluding carboxylic acids is 2. The molecule has 5 aromatic rings. The average molecular weight is 788 g/mol. The van der Waals surface area contributed by atoms with Crippen LogP contribution < -0.4 is 14.2 Å². The van der Waals surface area contributed by atoms with Gasteiger partial charge in [-0.3, -0.25) is 9.59 Å². The molecule has 0 aliphatic carbocycles. The lowest BCUT2D eigenvalue weighted by Gasteiger charge is -2.34. The van der Waals surface area contributed by atoms with E-state index in [-0.39, 0.29) is 28.8 Å². The van der Waals surface area contributed by atoms with Crippen LogP contribution in [0.25, 0.3) is 11.0 Å². The van der Waals surface area contributed by atoms with Crippen molar-refractivity contribution in [2.45, 2.75) is 44.1 Å². The van der Waals surface area contributed by atoms with Gasteiger partial charge in [0.05, 0.1) is 42.4 Å². The molecule has 7 rings (SSSR count). The summed E-state index contributed by atoms with van der Waals surface area (Å²) in [7, 11) is 4.60. The van der Waals surface area contributed by atoms with Gasteiger partial charge >= 0.3 is 0 Å². The molecule has 1 unspecified atom stereocenters. The van der Waals surface area contributed by atoms with E-state index < -0.39 is 0 Å². The van der Waals surface area contributed by atoms with Gasteiger partial charge in [-0.05, 0) is 111 Å². The lowest BCUT2D eigenvalue weighted by atomic mass is 9.76. The zero-order chi connectivity index (χ0) is 38.7. The number of ketones is 1. The highest BCUT2D eigenvalue weighted by Gasteiger charge is 2.42. The van der Waals surface area contributed by atoms with Crippen LogP contribution in [0.4, 0.5) is 4.39 Å². The van der Waals surface area contributed by atoms with Crippen molar-refractivity contribution in [3.63, 3.8) is 0 Å². The predicted molar refractivity (Wildman–Crippen MR) is 213 cm³/mol. The van der Waals surface area contributed by atoms with Crippen molar-refractivity contribution in [1.29, 1.82) is 0 Å². The molecule has 9 nitrogen and oxygen atoms in total. The number of halogens is 3. The number of carbonyl (C=O) groups is 2. The molecular weight excluding hydrogens is 742 g/mol. The van der Waals surface area contributed by atoms with Gasteiger partial charge in [-0.2, -0.15) is 0 Å². The number of rotatable bonds is 13. The molecule has 3 heterocycles. The fourth-order valence-corrected chi connectivity index (χ4v) is 8.58. The number of ether oxygens (including phenoxy) is 3. The maximum absolute atomic E-state index is 14.0. The molecule has 1 atom stereocenters. The lowest BCUT2D eigenvalue weighted by molar-refractivity contribution is 0.0776. The summed E-state index contributed by atoms with van der Waals surface area (Å²) >= 11 is 12.9. The van der Waals surface area contributed by atoms with Crippen molar-refractivity contribution in [3.05, 3.63) is 117 Å². The predicted octanol–water partition coefficient (Wildman–Crippen LogP) is 8.72. The first-order valence-electron chi connectivity index (χ1n) is 18.6. The summed E-state index contributed by atoms with van der Waals surface area (Å²) < 4.78 is 32.1. The van der Waals surface area contributed by atoms with Gasteiger partial charge in [-0.15, -0.1) is 0 Å². The number of nitrogens with zero attached hydrogens (tertiary/aromatic N) is 4. The SMILES string of the molecule is COc1cc(C(=O)N2CCC(CCCN3CCC(C(=O)c4nc5ccccc5n4Cc4ccc(F)cc4)CC3)(c3ccc(Cl)c(Cl)c3)C2)cc(OC)c1OC. The fourth-order valence-electron chi connectivity index (χ4n) is 8.28. The normalized spacial score (nSPS) is 17.8. The van der Waals surface area contributed by atoms with E-state index in [2.05, 4.69) is 4.90 Å². The van der Waals surface area contributed by atoms with Crippen molar-refractivity contribution in [2.24, 2.45) is 5.92 Å². The number of hydrogen-bond donors (Lipinski definition) is 0. The van der Waals surface area contributed by atoms with E-state index in [1.807, 2.05) is 51.9 Å². The van der Waals surface area contributed by atoms with Crippen LogP contribution in [-0.2, 0) is 12.0 Å². The molecule has 0 N–H and O–H groups in total. The van der Waals surface area contributed by atoms with E-state index in [0.717, 1.165) is 73.9 Å². The van der Waals surface area contributed by atoms with E-state index in [1.165, 1.54) is 33.5 Å². The monoisotopic (exact) mass is 786 g/mol. The van der Waals surface area contributed by atoms with Crippen LogP contribution in [-0.4, -0.2) is 85.1 Å². The molecule has 4 aromatic carbocycles. The van der Waals surface area contributed by atoms with Crippen LogP contribution in [0, 0.1) is 11.7 Å². The number of methoxy groups -OCH3 is 3. The van der Waals surface area contributed by atoms with Gasteiger partial charge in [-0.25, -0.2) is 9.37 Å². The number of Topliss-reactive ketones (excluding diaryl/α,β-unsaturated/α-hetero) is 1. The van der Waals surface area contributed by atoms with Crippen molar-refractivity contribution < 1.29 is 28.2 Å². The number of para-hydroxylation sites is 2. The van der Waals surface area contributed by atoms with Gasteiger partial charge in [0, 0.05) is 36.5 Å². The molecule has 288 valence electrons. The largest absolute Gasteiger partial charge is 0.493 e. The quantitative estimate of drug-likeness (QED) is 0.110. The molecule has 0 bridgehead atoms. The molecule has 2 aliphatic heterocycles. The number of benzene rings is 4. The van der Waals surface area contributed by atoms with Crippen molar-refractivity contribution in [3.8, 4) is 17.2 Å². The Hall–Kier alpha value is -4.64. The first kappa shape index (κ1) is 38.6. The second-order valence-corrected chi connectivity index (χ2v) is 15.3. The van der Waals surface area contributed by atoms with E-state index in [1.54, 1.807) is 24.3 Å². The van der Waals surface area contributed by atoms with Crippen LogP contribution in [0.2, 0.25) is 10.0 Å². The second-order valence-electron chi connectivity index (χ2n) is 14.5. The molecule has 2 saturated heterocycles. The number of imidazole rings is 1. The third-order valence-corrected chi connectivity index (χ3v) is 12.0. The summed E-state index contributed by atoms with van der Waals surface area (Å²) in [6.07, 6.45) is 4.01. The van der Waals surface area contributed by atoms with Gasteiger partial charge in [0.1, 0.15) is 5.82 Å². The van der Waals surface area contributed by atoms with Crippen LogP contribution in [0.15, 0.2) is 78.9 Å². The van der Waals surface area contributed by atoms with E-state index in [0.29, 0.717) is 58.3 Å². The number of amides is 1. The molecule has 0 radical (unpaired) electrons. The smallest absolute Gasteiger partial charge is 0.254 e. The second kappa shape index (κ2) is 16.6. The van der Waals surface area contributed by atoms with Crippen LogP contribution in [0.3, 0.4) is 0 Å². The molecule has 1 aromatic heterocycles. The van der Waals surface area contributed by atoms with Crippen molar-refractivity contribution >= 4 is 45.9 Å². The Morgan fingerprint density at radius 3 is 2.25 bits per heavy atom. The van der Waals surface area contributed by atoms with Crippen LogP contribution >= 0.6 is 23.2 Å². The zero-order valence-corrected chi connectivity index (χ0v) is 32.8. The highest BCUT2D eigenvalue weighted by Crippen LogP contribution is 2.43. The topological polar surface area (TPSA) is 86.1 Å². The fraction of sp³-hybridized carbons (Fsp3) is 0.372. The highest BCUT2D eigenvalue weighted by atomic mass is 35.5. The van der Waals surface area contributed by atoms with Crippen LogP contribution in [0.5, 0.6) is 17.2 Å². The minimum Gasteiger partial charge on any atom is -0.493 e. The van der Waals surface area contributed by atoms with Crippen molar-refractivity contribution in [2.75, 3.05) is 54.1 Å². The Morgan fingerprint density at radius 1 is 0.873 bits per heavy atom. The van der Waals surface area contributed by atoms with E-state index >= 15 is 0 Å². The third kappa shape index (κ3) is 8.04. The highest BCUT2D eigenvalue weighted by molar-refractivity contribution is 6.42. The van der Waals surface area contributed by atoms with E-state index in [9.17, 15) is 14.0 Å². The maximum atomic E-state index is 14.0. The molecule has 12 heteroatoms. The Kier molecular flexibility index (Phi) is 11.7. The first-order valence-corrected chi connectivity index (χ1v) is 19.4. The van der Waals surface area contributed by atoms with Gasteiger partial charge < -0.3 is 28.6 Å². The number of hydrogen-bond acceptors (Lipinski definition) is 7. The molecule has 1 amide bonds. The molecule has 55 heavy (non-hydrogen) atoms. The van der Waals surface area contributed by atoms with Crippen LogP contribution in [0.1, 0.15) is 64.2 Å². The van der Waals surface area contributed by atoms with Gasteiger partial charge in [-0.1, -0.05) is 53.5 Å². The maximum Gasteiger partial charge on any atom is 0.254 e.